The number of hydrogen-bond donors (Lipinski definition) is 3. The molecule has 1 rings (SSSR count). The molecule has 0 spiro atoms. The van der Waals surface area contributed by atoms with E-state index in [1.165, 1.54) is 0 Å². The van der Waals surface area contributed by atoms with Crippen LogP contribution < -0.4 is 10.6 Å². The van der Waals surface area contributed by atoms with Crippen LogP contribution in [-0.2, 0) is 9.59 Å². The first-order valence-corrected chi connectivity index (χ1v) is 7.53. The van der Waals surface area contributed by atoms with E-state index in [1.54, 1.807) is 0 Å². The molecule has 1 aliphatic heterocycles. The van der Waals surface area contributed by atoms with Crippen molar-refractivity contribution in [2.24, 2.45) is 5.41 Å². The van der Waals surface area contributed by atoms with Crippen LogP contribution in [0.2, 0.25) is 0 Å². The number of rotatable bonds is 5. The Labute approximate surface area is 121 Å². The van der Waals surface area contributed by atoms with Crippen molar-refractivity contribution in [1.82, 2.24) is 10.6 Å². The van der Waals surface area contributed by atoms with Gasteiger partial charge >= 0.3 is 5.97 Å². The molecule has 20 heavy (non-hydrogen) atoms. The summed E-state index contributed by atoms with van der Waals surface area (Å²) in [6, 6.07) is -0.473. The smallest absolute Gasteiger partial charge is 0.305 e. The van der Waals surface area contributed by atoms with Gasteiger partial charge in [0.25, 0.3) is 0 Å². The van der Waals surface area contributed by atoms with E-state index < -0.39 is 5.97 Å². The van der Waals surface area contributed by atoms with E-state index in [9.17, 15) is 9.59 Å². The number of carbonyl (C=O) groups is 2. The summed E-state index contributed by atoms with van der Waals surface area (Å²) in [5, 5.41) is 15.1. The van der Waals surface area contributed by atoms with Crippen LogP contribution in [0.3, 0.4) is 0 Å². The van der Waals surface area contributed by atoms with Gasteiger partial charge in [0.05, 0.1) is 12.5 Å². The monoisotopic (exact) mass is 284 g/mol. The Kier molecular flexibility index (Phi) is 6.46. The van der Waals surface area contributed by atoms with Gasteiger partial charge in [-0.25, -0.2) is 0 Å². The maximum Gasteiger partial charge on any atom is 0.305 e. The average molecular weight is 284 g/mol. The number of amides is 1. The fourth-order valence-corrected chi connectivity index (χ4v) is 2.68. The third kappa shape index (κ3) is 6.89. The van der Waals surface area contributed by atoms with Gasteiger partial charge in [-0.05, 0) is 31.2 Å². The minimum absolute atomic E-state index is 0.00964. The molecule has 0 aromatic carbocycles. The molecule has 0 aliphatic carbocycles. The predicted molar refractivity (Wildman–Crippen MR) is 78.5 cm³/mol. The van der Waals surface area contributed by atoms with Crippen LogP contribution in [0.1, 0.15) is 59.3 Å². The summed E-state index contributed by atoms with van der Waals surface area (Å²) in [6.07, 6.45) is 4.78. The largest absolute Gasteiger partial charge is 0.481 e. The summed E-state index contributed by atoms with van der Waals surface area (Å²) in [7, 11) is 0. The molecule has 5 nitrogen and oxygen atoms in total. The second kappa shape index (κ2) is 7.62. The van der Waals surface area contributed by atoms with Crippen LogP contribution >= 0.6 is 0 Å². The lowest BCUT2D eigenvalue weighted by molar-refractivity contribution is -0.138. The summed E-state index contributed by atoms with van der Waals surface area (Å²) >= 11 is 0. The van der Waals surface area contributed by atoms with Crippen LogP contribution in [0.15, 0.2) is 0 Å². The van der Waals surface area contributed by atoms with Crippen LogP contribution in [0, 0.1) is 5.41 Å². The lowest BCUT2D eigenvalue weighted by Crippen LogP contribution is -2.48. The number of nitrogens with one attached hydrogen (secondary N) is 2. The number of carbonyl (C=O) groups excluding carboxylic acids is 1. The highest BCUT2D eigenvalue weighted by Crippen LogP contribution is 2.22. The quantitative estimate of drug-likeness (QED) is 0.720. The Balaban J connectivity index is 2.57. The number of aliphatic carboxylic acids is 1. The zero-order valence-electron chi connectivity index (χ0n) is 12.9. The molecule has 1 saturated heterocycles. The van der Waals surface area contributed by atoms with E-state index in [-0.39, 0.29) is 29.8 Å². The van der Waals surface area contributed by atoms with Crippen LogP contribution in [0.25, 0.3) is 0 Å². The van der Waals surface area contributed by atoms with Crippen molar-refractivity contribution in [1.29, 1.82) is 0 Å². The highest BCUT2D eigenvalue weighted by Gasteiger charge is 2.26. The molecule has 1 heterocycles. The molecule has 1 amide bonds. The summed E-state index contributed by atoms with van der Waals surface area (Å²) in [4.78, 5) is 23.2. The van der Waals surface area contributed by atoms with E-state index in [0.29, 0.717) is 6.42 Å². The molecule has 0 saturated carbocycles. The van der Waals surface area contributed by atoms with Crippen molar-refractivity contribution in [3.05, 3.63) is 0 Å². The lowest BCUT2D eigenvalue weighted by atomic mass is 9.87. The zero-order valence-corrected chi connectivity index (χ0v) is 12.9. The van der Waals surface area contributed by atoms with Gasteiger partial charge in [0, 0.05) is 6.04 Å². The minimum atomic E-state index is -0.867. The van der Waals surface area contributed by atoms with Gasteiger partial charge in [-0.1, -0.05) is 33.6 Å². The maximum absolute atomic E-state index is 12.3. The first-order valence-electron chi connectivity index (χ1n) is 7.53. The maximum atomic E-state index is 12.3. The molecular weight excluding hydrogens is 256 g/mol. The molecule has 0 aromatic heterocycles. The Morgan fingerprint density at radius 1 is 1.30 bits per heavy atom. The Hall–Kier alpha value is -1.10. The topological polar surface area (TPSA) is 78.4 Å². The predicted octanol–water partition coefficient (Wildman–Crippen LogP) is 1.91. The Bertz CT molecular complexity index is 329. The van der Waals surface area contributed by atoms with Gasteiger partial charge in [-0.3, -0.25) is 9.59 Å². The summed E-state index contributed by atoms with van der Waals surface area (Å²) in [5.74, 6) is -0.921. The van der Waals surface area contributed by atoms with E-state index in [0.717, 1.165) is 32.2 Å². The summed E-state index contributed by atoms with van der Waals surface area (Å²) < 4.78 is 0. The second-order valence-corrected chi connectivity index (χ2v) is 6.92. The first-order chi connectivity index (χ1) is 9.28. The van der Waals surface area contributed by atoms with Crippen LogP contribution in [-0.4, -0.2) is 35.6 Å². The molecule has 3 N–H and O–H groups in total. The van der Waals surface area contributed by atoms with Crippen LogP contribution in [0.4, 0.5) is 0 Å². The van der Waals surface area contributed by atoms with Gasteiger partial charge in [-0.15, -0.1) is 0 Å². The molecule has 2 unspecified atom stereocenters. The third-order valence-electron chi connectivity index (χ3n) is 3.50. The van der Waals surface area contributed by atoms with Crippen molar-refractivity contribution in [3.63, 3.8) is 0 Å². The van der Waals surface area contributed by atoms with Crippen molar-refractivity contribution in [3.8, 4) is 0 Å². The van der Waals surface area contributed by atoms with Gasteiger partial charge < -0.3 is 15.7 Å². The standard InChI is InChI=1S/C15H28N2O3/c1-15(2,3)10-11(9-13(18)19)17-14(20)12-7-5-4-6-8-16-12/h11-12,16H,4-10H2,1-3H3,(H,17,20)(H,18,19). The van der Waals surface area contributed by atoms with Gasteiger partial charge in [0.1, 0.15) is 0 Å². The molecule has 1 fully saturated rings. The van der Waals surface area contributed by atoms with Crippen molar-refractivity contribution in [2.75, 3.05) is 6.54 Å². The van der Waals surface area contributed by atoms with Gasteiger partial charge in [0.15, 0.2) is 0 Å². The SMILES string of the molecule is CC(C)(C)CC(CC(=O)O)NC(=O)C1CCCCCN1. The molecule has 116 valence electrons. The Morgan fingerprint density at radius 2 is 2.00 bits per heavy atom. The van der Waals surface area contributed by atoms with E-state index in [2.05, 4.69) is 31.4 Å². The first kappa shape index (κ1) is 17.0. The molecule has 0 aromatic rings. The highest BCUT2D eigenvalue weighted by molar-refractivity contribution is 5.82. The second-order valence-electron chi connectivity index (χ2n) is 6.92. The van der Waals surface area contributed by atoms with E-state index >= 15 is 0 Å². The summed E-state index contributed by atoms with van der Waals surface area (Å²) in [5.41, 5.74) is -0.00964. The third-order valence-corrected chi connectivity index (χ3v) is 3.50. The molecule has 1 aliphatic rings. The Morgan fingerprint density at radius 3 is 2.60 bits per heavy atom. The van der Waals surface area contributed by atoms with Gasteiger partial charge in [-0.2, -0.15) is 0 Å². The summed E-state index contributed by atoms with van der Waals surface area (Å²) in [6.45, 7) is 7.02. The molecular formula is C15H28N2O3. The number of carboxylic acids is 1. The van der Waals surface area contributed by atoms with Crippen LogP contribution in [0.5, 0.6) is 0 Å². The van der Waals surface area contributed by atoms with Crippen molar-refractivity contribution < 1.29 is 14.7 Å². The number of hydrogen-bond acceptors (Lipinski definition) is 3. The number of carboxylic acid groups (broad SMARTS) is 1. The van der Waals surface area contributed by atoms with Crippen molar-refractivity contribution >= 4 is 11.9 Å². The lowest BCUT2D eigenvalue weighted by Gasteiger charge is -2.27. The molecule has 5 heteroatoms. The molecule has 0 bridgehead atoms. The minimum Gasteiger partial charge on any atom is -0.481 e. The van der Waals surface area contributed by atoms with E-state index in [1.807, 2.05) is 0 Å². The normalized spacial score (nSPS) is 21.9. The average Bonchev–Trinajstić information content (AvgIpc) is 2.53. The van der Waals surface area contributed by atoms with Crippen molar-refractivity contribution in [2.45, 2.75) is 71.4 Å². The fourth-order valence-electron chi connectivity index (χ4n) is 2.68. The highest BCUT2D eigenvalue weighted by atomic mass is 16.4. The van der Waals surface area contributed by atoms with E-state index in [4.69, 9.17) is 5.11 Å². The van der Waals surface area contributed by atoms with Gasteiger partial charge in [0.2, 0.25) is 5.91 Å². The zero-order chi connectivity index (χ0) is 15.2. The molecule has 0 radical (unpaired) electrons. The molecule has 2 atom stereocenters. The fraction of sp³-hybridized carbons (Fsp3) is 0.867.